The molecule has 0 saturated carbocycles. The summed E-state index contributed by atoms with van der Waals surface area (Å²) in [6.07, 6.45) is -4.76. The number of carbonyl (C=O) groups excluding carboxylic acids is 1. The van der Waals surface area contributed by atoms with E-state index >= 15 is 0 Å². The number of amides is 1. The maximum absolute atomic E-state index is 12.2. The molecule has 0 spiro atoms. The SMILES string of the molecule is Cc1ccc(N2CCn3c(SCC(=O)Nc4ccc(OC(F)(F)F)cc4)nnc32)cc1. The minimum atomic E-state index is -4.76. The Morgan fingerprint density at radius 1 is 1.10 bits per heavy atom. The van der Waals surface area contributed by atoms with Crippen LogP contribution in [0, 0.1) is 6.92 Å². The largest absolute Gasteiger partial charge is 0.573 e. The first-order valence-electron chi connectivity index (χ1n) is 9.34. The Morgan fingerprint density at radius 3 is 2.48 bits per heavy atom. The zero-order valence-corrected chi connectivity index (χ0v) is 17.2. The zero-order chi connectivity index (χ0) is 22.0. The van der Waals surface area contributed by atoms with Crippen LogP contribution in [0.15, 0.2) is 53.7 Å². The number of fused-ring (bicyclic) bond motifs is 1. The maximum atomic E-state index is 12.2. The Hall–Kier alpha value is -3.21. The van der Waals surface area contributed by atoms with E-state index in [2.05, 4.69) is 25.2 Å². The number of ether oxygens (including phenoxy) is 1. The number of carbonyl (C=O) groups is 1. The molecule has 11 heteroatoms. The Kier molecular flexibility index (Phi) is 5.77. The second kappa shape index (κ2) is 8.50. The minimum Gasteiger partial charge on any atom is -0.406 e. The molecule has 3 aromatic rings. The molecule has 162 valence electrons. The highest BCUT2D eigenvalue weighted by Gasteiger charge is 2.31. The van der Waals surface area contributed by atoms with Crippen molar-refractivity contribution in [3.05, 3.63) is 54.1 Å². The van der Waals surface area contributed by atoms with Crippen LogP contribution in [0.25, 0.3) is 0 Å². The normalized spacial score (nSPS) is 13.2. The van der Waals surface area contributed by atoms with Crippen LogP contribution in [0.2, 0.25) is 0 Å². The summed E-state index contributed by atoms with van der Waals surface area (Å²) in [4.78, 5) is 14.3. The molecule has 1 aliphatic rings. The molecular weight excluding hydrogens is 431 g/mol. The van der Waals surface area contributed by atoms with Crippen molar-refractivity contribution in [2.45, 2.75) is 25.0 Å². The Morgan fingerprint density at radius 2 is 1.81 bits per heavy atom. The predicted molar refractivity (Wildman–Crippen MR) is 111 cm³/mol. The second-order valence-corrected chi connectivity index (χ2v) is 7.77. The number of nitrogens with zero attached hydrogens (tertiary/aromatic N) is 4. The third kappa shape index (κ3) is 5.10. The lowest BCUT2D eigenvalue weighted by molar-refractivity contribution is -0.274. The molecule has 0 atom stereocenters. The molecule has 0 fully saturated rings. The molecular formula is C20H18F3N5O2S. The van der Waals surface area contributed by atoms with Gasteiger partial charge in [0.2, 0.25) is 11.9 Å². The standard InChI is InChI=1S/C20H18F3N5O2S/c1-13-2-6-15(7-3-13)27-10-11-28-18(27)25-26-19(28)31-12-17(29)24-14-4-8-16(9-5-14)30-20(21,22)23/h2-9H,10-12H2,1H3,(H,24,29). The highest BCUT2D eigenvalue weighted by atomic mass is 32.2. The molecule has 2 heterocycles. The average molecular weight is 449 g/mol. The van der Waals surface area contributed by atoms with Gasteiger partial charge in [-0.3, -0.25) is 9.36 Å². The van der Waals surface area contributed by atoms with Gasteiger partial charge in [0, 0.05) is 24.5 Å². The number of anilines is 3. The number of aryl methyl sites for hydroxylation is 1. The van der Waals surface area contributed by atoms with Crippen molar-refractivity contribution in [2.75, 3.05) is 22.5 Å². The highest BCUT2D eigenvalue weighted by molar-refractivity contribution is 7.99. The number of hydrogen-bond acceptors (Lipinski definition) is 6. The molecule has 4 rings (SSSR count). The summed E-state index contributed by atoms with van der Waals surface area (Å²) >= 11 is 1.25. The van der Waals surface area contributed by atoms with Crippen LogP contribution in [0.5, 0.6) is 5.75 Å². The number of halogens is 3. The number of alkyl halides is 3. The summed E-state index contributed by atoms with van der Waals surface area (Å²) < 4.78 is 42.4. The first-order chi connectivity index (χ1) is 14.8. The van der Waals surface area contributed by atoms with Crippen LogP contribution in [0.1, 0.15) is 5.56 Å². The van der Waals surface area contributed by atoms with Gasteiger partial charge in [-0.05, 0) is 43.3 Å². The van der Waals surface area contributed by atoms with Gasteiger partial charge < -0.3 is 15.0 Å². The number of hydrogen-bond donors (Lipinski definition) is 1. The Balaban J connectivity index is 1.34. The molecule has 2 aromatic carbocycles. The summed E-state index contributed by atoms with van der Waals surface area (Å²) in [6.45, 7) is 3.50. The number of thioether (sulfide) groups is 1. The lowest BCUT2D eigenvalue weighted by Gasteiger charge is -2.15. The molecule has 31 heavy (non-hydrogen) atoms. The van der Waals surface area contributed by atoms with Gasteiger partial charge in [-0.25, -0.2) is 0 Å². The van der Waals surface area contributed by atoms with Gasteiger partial charge in [0.15, 0.2) is 5.16 Å². The van der Waals surface area contributed by atoms with Crippen molar-refractivity contribution < 1.29 is 22.7 Å². The second-order valence-electron chi connectivity index (χ2n) is 6.83. The summed E-state index contributed by atoms with van der Waals surface area (Å²) in [5.74, 6) is 0.160. The minimum absolute atomic E-state index is 0.0868. The Bertz CT molecular complexity index is 1070. The van der Waals surface area contributed by atoms with Crippen molar-refractivity contribution in [3.8, 4) is 5.75 Å². The molecule has 1 aliphatic heterocycles. The summed E-state index contributed by atoms with van der Waals surface area (Å²) in [6, 6.07) is 13.1. The van der Waals surface area contributed by atoms with Gasteiger partial charge >= 0.3 is 6.36 Å². The van der Waals surface area contributed by atoms with Crippen molar-refractivity contribution in [3.63, 3.8) is 0 Å². The van der Waals surface area contributed by atoms with E-state index in [1.807, 2.05) is 35.8 Å². The van der Waals surface area contributed by atoms with Crippen LogP contribution in [0.4, 0.5) is 30.5 Å². The van der Waals surface area contributed by atoms with E-state index in [4.69, 9.17) is 0 Å². The number of rotatable bonds is 6. The molecule has 0 bridgehead atoms. The quantitative estimate of drug-likeness (QED) is 0.564. The van der Waals surface area contributed by atoms with Crippen molar-refractivity contribution in [2.24, 2.45) is 0 Å². The molecule has 1 N–H and O–H groups in total. The zero-order valence-electron chi connectivity index (χ0n) is 16.4. The molecule has 7 nitrogen and oxygen atoms in total. The third-order valence-electron chi connectivity index (χ3n) is 4.54. The summed E-state index contributed by atoms with van der Waals surface area (Å²) in [5, 5.41) is 11.7. The van der Waals surface area contributed by atoms with Gasteiger partial charge in [0.25, 0.3) is 0 Å². The maximum Gasteiger partial charge on any atom is 0.573 e. The smallest absolute Gasteiger partial charge is 0.406 e. The van der Waals surface area contributed by atoms with Crippen LogP contribution in [0.3, 0.4) is 0 Å². The van der Waals surface area contributed by atoms with E-state index in [9.17, 15) is 18.0 Å². The third-order valence-corrected chi connectivity index (χ3v) is 5.50. The topological polar surface area (TPSA) is 72.3 Å². The van der Waals surface area contributed by atoms with Gasteiger partial charge in [-0.2, -0.15) is 0 Å². The number of benzene rings is 2. The van der Waals surface area contributed by atoms with Crippen LogP contribution >= 0.6 is 11.8 Å². The van der Waals surface area contributed by atoms with Crippen LogP contribution < -0.4 is 15.0 Å². The van der Waals surface area contributed by atoms with E-state index in [1.165, 1.54) is 29.5 Å². The van der Waals surface area contributed by atoms with E-state index in [-0.39, 0.29) is 17.4 Å². The lowest BCUT2D eigenvalue weighted by Crippen LogP contribution is -2.17. The van der Waals surface area contributed by atoms with Crippen LogP contribution in [-0.4, -0.2) is 39.3 Å². The fraction of sp³-hybridized carbons (Fsp3) is 0.250. The van der Waals surface area contributed by atoms with Gasteiger partial charge in [-0.1, -0.05) is 29.5 Å². The first-order valence-corrected chi connectivity index (χ1v) is 10.3. The first kappa shape index (κ1) is 21.0. The van der Waals surface area contributed by atoms with Crippen molar-refractivity contribution >= 4 is 35.0 Å². The van der Waals surface area contributed by atoms with Crippen molar-refractivity contribution in [1.29, 1.82) is 0 Å². The molecule has 0 radical (unpaired) electrons. The molecule has 0 unspecified atom stereocenters. The number of nitrogens with one attached hydrogen (secondary N) is 1. The number of aromatic nitrogens is 3. The van der Waals surface area contributed by atoms with Gasteiger partial charge in [0.05, 0.1) is 5.75 Å². The molecule has 1 amide bonds. The summed E-state index contributed by atoms with van der Waals surface area (Å²) in [7, 11) is 0. The fourth-order valence-corrected chi connectivity index (χ4v) is 3.88. The van der Waals surface area contributed by atoms with Gasteiger partial charge in [-0.15, -0.1) is 23.4 Å². The predicted octanol–water partition coefficient (Wildman–Crippen LogP) is 4.37. The molecule has 0 aliphatic carbocycles. The van der Waals surface area contributed by atoms with Crippen molar-refractivity contribution in [1.82, 2.24) is 14.8 Å². The monoisotopic (exact) mass is 449 g/mol. The van der Waals surface area contributed by atoms with E-state index in [0.717, 1.165) is 30.3 Å². The fourth-order valence-electron chi connectivity index (χ4n) is 3.12. The van der Waals surface area contributed by atoms with Gasteiger partial charge in [0.1, 0.15) is 5.75 Å². The lowest BCUT2D eigenvalue weighted by atomic mass is 10.2. The van der Waals surface area contributed by atoms with E-state index < -0.39 is 6.36 Å². The highest BCUT2D eigenvalue weighted by Crippen LogP contribution is 2.32. The van der Waals surface area contributed by atoms with Crippen LogP contribution in [-0.2, 0) is 11.3 Å². The summed E-state index contributed by atoms with van der Waals surface area (Å²) in [5.41, 5.74) is 2.58. The molecule has 0 saturated heterocycles. The molecule has 1 aromatic heterocycles. The average Bonchev–Trinajstić information content (AvgIpc) is 3.30. The Labute approximate surface area is 180 Å². The van der Waals surface area contributed by atoms with E-state index in [0.29, 0.717) is 17.4 Å². The van der Waals surface area contributed by atoms with E-state index in [1.54, 1.807) is 0 Å².